The highest BCUT2D eigenvalue weighted by molar-refractivity contribution is 7.92. The van der Waals surface area contributed by atoms with Crippen LogP contribution in [0.2, 0.25) is 0 Å². The van der Waals surface area contributed by atoms with Crippen molar-refractivity contribution < 1.29 is 55.9 Å². The minimum Gasteiger partial charge on any atom is -0.460 e. The Bertz CT molecular complexity index is 1940. The predicted octanol–water partition coefficient (Wildman–Crippen LogP) is 6.83. The fraction of sp³-hybridized carbons (Fsp3) is 0.667. The summed E-state index contributed by atoms with van der Waals surface area (Å²) >= 11 is 0. The first-order valence-electron chi connectivity index (χ1n) is 19.5. The van der Waals surface area contributed by atoms with Gasteiger partial charge in [0.25, 0.3) is 0 Å². The summed E-state index contributed by atoms with van der Waals surface area (Å²) in [7, 11) is -2.43. The molecule has 1 aromatic carbocycles. The number of anilines is 1. The van der Waals surface area contributed by atoms with Gasteiger partial charge in [-0.1, -0.05) is 19.9 Å². The molecule has 58 heavy (non-hydrogen) atoms. The summed E-state index contributed by atoms with van der Waals surface area (Å²) < 4.78 is 77.3. The Balaban J connectivity index is 1.92. The molecule has 0 radical (unpaired) electrons. The molecule has 0 amide bonds. The van der Waals surface area contributed by atoms with Gasteiger partial charge in [-0.2, -0.15) is 0 Å². The van der Waals surface area contributed by atoms with Crippen molar-refractivity contribution in [3.63, 3.8) is 0 Å². The van der Waals surface area contributed by atoms with Crippen molar-refractivity contribution in [2.45, 2.75) is 167 Å². The lowest BCUT2D eigenvalue weighted by Gasteiger charge is -2.52. The number of sulfonamides is 1. The van der Waals surface area contributed by atoms with Crippen molar-refractivity contribution >= 4 is 34.0 Å². The second-order valence-corrected chi connectivity index (χ2v) is 20.4. The van der Waals surface area contributed by atoms with Crippen molar-refractivity contribution in [2.75, 3.05) is 17.6 Å². The van der Waals surface area contributed by atoms with Gasteiger partial charge in [-0.25, -0.2) is 27.1 Å². The third kappa shape index (κ3) is 12.7. The van der Waals surface area contributed by atoms with Crippen LogP contribution >= 0.6 is 0 Å². The van der Waals surface area contributed by atoms with Gasteiger partial charge in [0.2, 0.25) is 16.0 Å². The van der Waals surface area contributed by atoms with Crippen molar-refractivity contribution in [1.29, 1.82) is 0 Å². The van der Waals surface area contributed by atoms with E-state index >= 15 is 0 Å². The molecule has 2 aromatic rings. The van der Waals surface area contributed by atoms with Crippen LogP contribution in [0.15, 0.2) is 30.3 Å². The highest BCUT2D eigenvalue weighted by atomic mass is 32.2. The Morgan fingerprint density at radius 1 is 0.931 bits per heavy atom. The topological polar surface area (TPSA) is 173 Å². The highest BCUT2D eigenvalue weighted by Crippen LogP contribution is 2.44. The Morgan fingerprint density at radius 3 is 1.98 bits per heavy atom. The van der Waals surface area contributed by atoms with Crippen LogP contribution in [0.4, 0.5) is 10.3 Å². The first kappa shape index (κ1) is 47.1. The predicted molar refractivity (Wildman–Crippen MR) is 217 cm³/mol. The van der Waals surface area contributed by atoms with E-state index in [1.807, 2.05) is 13.8 Å². The Kier molecular flexibility index (Phi) is 14.0. The van der Waals surface area contributed by atoms with E-state index in [4.69, 9.17) is 33.4 Å². The van der Waals surface area contributed by atoms with Crippen LogP contribution in [0.5, 0.6) is 0 Å². The Morgan fingerprint density at radius 2 is 1.47 bits per heavy atom. The zero-order chi connectivity index (χ0) is 43.8. The summed E-state index contributed by atoms with van der Waals surface area (Å²) in [5.41, 5.74) is -1.45. The monoisotopic (exact) mass is 835 g/mol. The molecule has 2 fully saturated rings. The SMILES string of the molecule is CC(C)c1nc(N(C)S(C)(=O)=O)nc(-c2ccc(F)cc2)c1/C=C/[C@@]1(C(O)[C@@H]2C[C@H](CC(=O)OC(C)(C)C)OC(C)(C)O2)C[C@H](CC(=O)OC(C)(C)C)OC(C)(C)O1. The molecule has 0 spiro atoms. The van der Waals surface area contributed by atoms with Crippen LogP contribution in [0, 0.1) is 5.82 Å². The summed E-state index contributed by atoms with van der Waals surface area (Å²) in [5, 5.41) is 12.7. The number of benzene rings is 1. The standard InChI is InChI=1S/C42H62FN3O11S/c1-25(2)34-30(35(26-15-17-27(43)18-16-26)45-37(44-34)46(13)58(14,50)51)19-20-42(24-29(53-41(11,12)57-42)23-33(48)56-39(6,7)8)36(49)31-21-28(52-40(9,10)54-31)22-32(47)55-38(3,4)5/h15-20,25,28-29,31,36,49H,21-24H2,1-14H3/b20-19+/t28-,29+,31+,36?,42+/m1/s1. The molecule has 1 aromatic heterocycles. The summed E-state index contributed by atoms with van der Waals surface area (Å²) in [6, 6.07) is 5.60. The molecule has 0 bridgehead atoms. The van der Waals surface area contributed by atoms with Gasteiger partial charge in [0.05, 0.1) is 48.8 Å². The maximum Gasteiger partial charge on any atom is 0.308 e. The van der Waals surface area contributed by atoms with E-state index in [1.54, 1.807) is 81.4 Å². The second kappa shape index (κ2) is 17.2. The van der Waals surface area contributed by atoms with Crippen molar-refractivity contribution in [2.24, 2.45) is 0 Å². The second-order valence-electron chi connectivity index (χ2n) is 18.4. The fourth-order valence-corrected chi connectivity index (χ4v) is 7.54. The van der Waals surface area contributed by atoms with E-state index in [1.165, 1.54) is 31.3 Å². The van der Waals surface area contributed by atoms with Crippen molar-refractivity contribution in [3.05, 3.63) is 47.4 Å². The normalized spacial score (nSPS) is 24.4. The largest absolute Gasteiger partial charge is 0.460 e. The van der Waals surface area contributed by atoms with E-state index < -0.39 is 80.6 Å². The number of hydrogen-bond acceptors (Lipinski definition) is 13. The molecule has 1 unspecified atom stereocenters. The molecule has 4 rings (SSSR count). The van der Waals surface area contributed by atoms with E-state index in [9.17, 15) is 27.5 Å². The molecule has 2 saturated heterocycles. The van der Waals surface area contributed by atoms with Gasteiger partial charge in [0.1, 0.15) is 28.7 Å². The average molecular weight is 836 g/mol. The molecule has 2 aliphatic heterocycles. The first-order chi connectivity index (χ1) is 26.4. The van der Waals surface area contributed by atoms with Crippen LogP contribution in [-0.4, -0.2) is 102 Å². The van der Waals surface area contributed by atoms with Crippen LogP contribution < -0.4 is 4.31 Å². The molecule has 3 heterocycles. The molecule has 1 N–H and O–H groups in total. The van der Waals surface area contributed by atoms with E-state index in [0.29, 0.717) is 22.5 Å². The number of halogens is 1. The number of hydrogen-bond donors (Lipinski definition) is 1. The first-order valence-corrected chi connectivity index (χ1v) is 21.4. The van der Waals surface area contributed by atoms with Gasteiger partial charge >= 0.3 is 11.9 Å². The van der Waals surface area contributed by atoms with Crippen LogP contribution in [-0.2, 0) is 48.0 Å². The number of ether oxygens (including phenoxy) is 6. The average Bonchev–Trinajstić information content (AvgIpc) is 3.02. The minimum absolute atomic E-state index is 0.0517. The summed E-state index contributed by atoms with van der Waals surface area (Å²) in [4.78, 5) is 35.6. The van der Waals surface area contributed by atoms with E-state index in [2.05, 4.69) is 4.98 Å². The lowest BCUT2D eigenvalue weighted by Crippen LogP contribution is -2.62. The molecule has 14 nitrogen and oxygen atoms in total. The summed E-state index contributed by atoms with van der Waals surface area (Å²) in [5.74, 6) is -4.45. The van der Waals surface area contributed by atoms with Gasteiger partial charge in [0, 0.05) is 31.0 Å². The molecule has 324 valence electrons. The van der Waals surface area contributed by atoms with Gasteiger partial charge < -0.3 is 33.5 Å². The molecule has 16 heteroatoms. The van der Waals surface area contributed by atoms with Crippen molar-refractivity contribution in [3.8, 4) is 11.3 Å². The van der Waals surface area contributed by atoms with E-state index in [0.717, 1.165) is 10.6 Å². The maximum atomic E-state index is 14.2. The number of rotatable bonds is 12. The minimum atomic E-state index is -3.78. The Labute approximate surface area is 342 Å². The summed E-state index contributed by atoms with van der Waals surface area (Å²) in [6.07, 6.45) is 0.216. The fourth-order valence-electron chi connectivity index (χ4n) is 7.16. The number of esters is 2. The number of carbonyl (C=O) groups excluding carboxylic acids is 2. The molecular formula is C42H62FN3O11S. The zero-order valence-electron chi connectivity index (χ0n) is 36.3. The number of carbonyl (C=O) groups is 2. The maximum absolute atomic E-state index is 14.2. The van der Waals surface area contributed by atoms with Gasteiger partial charge in [-0.15, -0.1) is 0 Å². The summed E-state index contributed by atoms with van der Waals surface area (Å²) in [6.45, 7) is 21.1. The third-order valence-corrected chi connectivity index (χ3v) is 10.4. The van der Waals surface area contributed by atoms with Gasteiger partial charge in [-0.3, -0.25) is 9.59 Å². The van der Waals surface area contributed by atoms with Crippen LogP contribution in [0.25, 0.3) is 17.3 Å². The molecule has 0 saturated carbocycles. The number of aliphatic hydroxyl groups excluding tert-OH is 1. The highest BCUT2D eigenvalue weighted by Gasteiger charge is 2.54. The third-order valence-electron chi connectivity index (χ3n) is 9.23. The van der Waals surface area contributed by atoms with E-state index in [-0.39, 0.29) is 37.5 Å². The smallest absolute Gasteiger partial charge is 0.308 e. The number of aliphatic hydroxyl groups is 1. The van der Waals surface area contributed by atoms with Crippen molar-refractivity contribution in [1.82, 2.24) is 9.97 Å². The quantitative estimate of drug-likeness (QED) is 0.221. The van der Waals surface area contributed by atoms with Gasteiger partial charge in [0.15, 0.2) is 11.6 Å². The molecule has 0 aliphatic carbocycles. The molecule has 2 aliphatic rings. The number of nitrogens with zero attached hydrogens (tertiary/aromatic N) is 3. The van der Waals surface area contributed by atoms with Crippen LogP contribution in [0.1, 0.15) is 126 Å². The van der Waals surface area contributed by atoms with Crippen LogP contribution in [0.3, 0.4) is 0 Å². The Hall–Kier alpha value is -3.54. The zero-order valence-corrected chi connectivity index (χ0v) is 37.2. The molecular weight excluding hydrogens is 774 g/mol. The number of aromatic nitrogens is 2. The lowest BCUT2D eigenvalue weighted by molar-refractivity contribution is -0.363. The molecule has 5 atom stereocenters. The lowest BCUT2D eigenvalue weighted by atomic mass is 9.81. The van der Waals surface area contributed by atoms with Gasteiger partial charge in [-0.05, 0) is 105 Å².